The molecule has 11 nitrogen and oxygen atoms in total. The Bertz CT molecular complexity index is 1170. The number of carbonyl (C=O) groups is 3. The van der Waals surface area contributed by atoms with Gasteiger partial charge in [-0.25, -0.2) is 4.79 Å². The molecule has 0 saturated heterocycles. The summed E-state index contributed by atoms with van der Waals surface area (Å²) in [5.41, 5.74) is 0.452. The highest BCUT2D eigenvalue weighted by Crippen LogP contribution is 2.26. The summed E-state index contributed by atoms with van der Waals surface area (Å²) >= 11 is 0. The highest BCUT2D eigenvalue weighted by Gasteiger charge is 2.42. The molecule has 0 heterocycles. The van der Waals surface area contributed by atoms with Crippen molar-refractivity contribution in [3.05, 3.63) is 66.7 Å². The third kappa shape index (κ3) is 9.39. The molecule has 6 atom stereocenters. The van der Waals surface area contributed by atoms with Crippen molar-refractivity contribution in [1.82, 2.24) is 10.6 Å². The molecule has 224 valence electrons. The number of hydrogen-bond acceptors (Lipinski definition) is 9. The molecule has 0 bridgehead atoms. The van der Waals surface area contributed by atoms with E-state index < -0.39 is 53.7 Å². The fraction of sp³-hybridized carbons (Fsp3) is 0.433. The number of ether oxygens (including phenoxy) is 2. The summed E-state index contributed by atoms with van der Waals surface area (Å²) in [5, 5.41) is 47.1. The third-order valence-electron chi connectivity index (χ3n) is 6.84. The van der Waals surface area contributed by atoms with E-state index in [2.05, 4.69) is 17.2 Å². The largest absolute Gasteiger partial charge is 0.508 e. The molecule has 2 amide bonds. The second-order valence-corrected chi connectivity index (χ2v) is 10.1. The van der Waals surface area contributed by atoms with Crippen molar-refractivity contribution in [2.75, 3.05) is 20.3 Å². The molecule has 0 spiro atoms. The summed E-state index contributed by atoms with van der Waals surface area (Å²) in [6, 6.07) is 12.2. The average molecular weight is 573 g/mol. The van der Waals surface area contributed by atoms with Gasteiger partial charge in [0.25, 0.3) is 5.91 Å². The maximum Gasteiger partial charge on any atom is 0.337 e. The molecule has 0 radical (unpaired) electrons. The lowest BCUT2D eigenvalue weighted by molar-refractivity contribution is -0.171. The van der Waals surface area contributed by atoms with E-state index in [1.165, 1.54) is 34.0 Å². The Balaban J connectivity index is 2.06. The monoisotopic (exact) mass is 572 g/mol. The zero-order chi connectivity index (χ0) is 30.7. The maximum absolute atomic E-state index is 12.7. The highest BCUT2D eigenvalue weighted by atomic mass is 16.6. The number of aliphatic hydroxyl groups is 3. The number of phenols is 1. The van der Waals surface area contributed by atoms with Crippen molar-refractivity contribution in [3.63, 3.8) is 0 Å². The van der Waals surface area contributed by atoms with Crippen molar-refractivity contribution in [2.45, 2.75) is 57.1 Å². The van der Waals surface area contributed by atoms with Crippen LogP contribution in [0.3, 0.4) is 0 Å². The predicted molar refractivity (Wildman–Crippen MR) is 152 cm³/mol. The van der Waals surface area contributed by atoms with E-state index in [1.54, 1.807) is 48.5 Å². The lowest BCUT2D eigenvalue weighted by Crippen LogP contribution is -2.56. The Hall–Kier alpha value is -3.77. The first-order valence-corrected chi connectivity index (χ1v) is 13.1. The molecule has 2 aromatic carbocycles. The summed E-state index contributed by atoms with van der Waals surface area (Å²) in [4.78, 5) is 37.0. The van der Waals surface area contributed by atoms with Crippen molar-refractivity contribution < 1.29 is 44.3 Å². The summed E-state index contributed by atoms with van der Waals surface area (Å²) in [7, 11) is 1.18. The van der Waals surface area contributed by atoms with Crippen LogP contribution in [0, 0.1) is 5.92 Å². The first-order chi connectivity index (χ1) is 19.3. The Morgan fingerprint density at radius 1 is 1.00 bits per heavy atom. The molecular formula is C30H40N2O9. The molecule has 0 saturated carbocycles. The van der Waals surface area contributed by atoms with E-state index in [4.69, 9.17) is 9.47 Å². The quantitative estimate of drug-likeness (QED) is 0.137. The van der Waals surface area contributed by atoms with E-state index >= 15 is 0 Å². The Morgan fingerprint density at radius 2 is 1.56 bits per heavy atom. The fourth-order valence-corrected chi connectivity index (χ4v) is 4.45. The standard InChI is InChI=1S/C30H40N2O9/c1-6-15-41-30(4,29(39)40-5)16-24(35)26(32-19(3)33)18(2)27(37)25(36)17-31-28(38)22-9-7-20(8-10-22)21-11-13-23(34)14-12-21/h6-14,18,24-27,34-37H,1,15-17H2,2-5H3,(H,31,38)(H,32,33)/t18?,24?,25?,26?,27-,30?/m0/s1. The number of amides is 2. The number of aromatic hydroxyl groups is 1. The molecule has 5 unspecified atom stereocenters. The van der Waals surface area contributed by atoms with Gasteiger partial charge in [0.15, 0.2) is 5.60 Å². The Labute approximate surface area is 239 Å². The molecule has 0 fully saturated rings. The van der Waals surface area contributed by atoms with Gasteiger partial charge < -0.3 is 40.5 Å². The molecule has 0 aliphatic heterocycles. The molecule has 11 heteroatoms. The number of methoxy groups -OCH3 is 1. The number of carbonyl (C=O) groups excluding carboxylic acids is 3. The van der Waals surface area contributed by atoms with Gasteiger partial charge in [-0.2, -0.15) is 0 Å². The third-order valence-corrected chi connectivity index (χ3v) is 6.84. The van der Waals surface area contributed by atoms with Gasteiger partial charge in [0.1, 0.15) is 5.75 Å². The zero-order valence-electron chi connectivity index (χ0n) is 23.7. The number of esters is 1. The zero-order valence-corrected chi connectivity index (χ0v) is 23.7. The van der Waals surface area contributed by atoms with E-state index in [0.29, 0.717) is 5.56 Å². The van der Waals surface area contributed by atoms with Crippen LogP contribution in [0.5, 0.6) is 5.75 Å². The second-order valence-electron chi connectivity index (χ2n) is 10.1. The number of nitrogens with one attached hydrogen (secondary N) is 2. The lowest BCUT2D eigenvalue weighted by atomic mass is 9.84. The summed E-state index contributed by atoms with van der Waals surface area (Å²) in [5.74, 6) is -2.49. The van der Waals surface area contributed by atoms with Gasteiger partial charge in [-0.3, -0.25) is 9.59 Å². The summed E-state index contributed by atoms with van der Waals surface area (Å²) in [6.45, 7) is 7.41. The number of benzene rings is 2. The van der Waals surface area contributed by atoms with Gasteiger partial charge in [-0.1, -0.05) is 37.3 Å². The Kier molecular flexibility index (Phi) is 12.5. The Morgan fingerprint density at radius 3 is 2.07 bits per heavy atom. The molecule has 2 aromatic rings. The minimum Gasteiger partial charge on any atom is -0.508 e. The van der Waals surface area contributed by atoms with Crippen LogP contribution < -0.4 is 10.6 Å². The van der Waals surface area contributed by atoms with E-state index in [0.717, 1.165) is 11.1 Å². The van der Waals surface area contributed by atoms with Crippen molar-refractivity contribution in [3.8, 4) is 16.9 Å². The first-order valence-electron chi connectivity index (χ1n) is 13.1. The SMILES string of the molecule is C=CCOC(C)(CC(O)C(NC(C)=O)C(C)[C@H](O)C(O)CNC(=O)c1ccc(-c2ccc(O)cc2)cc1)C(=O)OC. The second kappa shape index (κ2) is 15.3. The topological polar surface area (TPSA) is 175 Å². The summed E-state index contributed by atoms with van der Waals surface area (Å²) < 4.78 is 10.4. The van der Waals surface area contributed by atoms with Gasteiger partial charge in [0.2, 0.25) is 5.91 Å². The molecule has 41 heavy (non-hydrogen) atoms. The first kappa shape index (κ1) is 33.4. The van der Waals surface area contributed by atoms with Crippen LogP contribution in [0.4, 0.5) is 0 Å². The molecule has 0 aliphatic rings. The van der Waals surface area contributed by atoms with Gasteiger partial charge in [-0.05, 0) is 42.3 Å². The highest BCUT2D eigenvalue weighted by molar-refractivity contribution is 5.94. The van der Waals surface area contributed by atoms with Gasteiger partial charge >= 0.3 is 5.97 Å². The number of hydrogen-bond donors (Lipinski definition) is 6. The van der Waals surface area contributed by atoms with Gasteiger partial charge in [0, 0.05) is 31.4 Å². The molecule has 6 N–H and O–H groups in total. The van der Waals surface area contributed by atoms with Crippen LogP contribution in [-0.4, -0.2) is 88.4 Å². The maximum atomic E-state index is 12.7. The van der Waals surface area contributed by atoms with Gasteiger partial charge in [0.05, 0.1) is 38.1 Å². The molecule has 2 rings (SSSR count). The van der Waals surface area contributed by atoms with Crippen LogP contribution >= 0.6 is 0 Å². The molecule has 0 aliphatic carbocycles. The van der Waals surface area contributed by atoms with Crippen molar-refractivity contribution in [1.29, 1.82) is 0 Å². The fourth-order valence-electron chi connectivity index (χ4n) is 4.45. The number of phenolic OH excluding ortho intramolecular Hbond substituents is 1. The van der Waals surface area contributed by atoms with Gasteiger partial charge in [-0.15, -0.1) is 6.58 Å². The lowest BCUT2D eigenvalue weighted by Gasteiger charge is -2.37. The van der Waals surface area contributed by atoms with Crippen LogP contribution in [-0.2, 0) is 19.1 Å². The molecular weight excluding hydrogens is 532 g/mol. The van der Waals surface area contributed by atoms with Crippen molar-refractivity contribution >= 4 is 17.8 Å². The van der Waals surface area contributed by atoms with Crippen LogP contribution in [0.2, 0.25) is 0 Å². The average Bonchev–Trinajstić information content (AvgIpc) is 2.96. The minimum absolute atomic E-state index is 0.000743. The normalized spacial score (nSPS) is 16.3. The van der Waals surface area contributed by atoms with Crippen LogP contribution in [0.15, 0.2) is 61.2 Å². The number of aliphatic hydroxyl groups excluding tert-OH is 3. The minimum atomic E-state index is -1.58. The molecule has 0 aromatic heterocycles. The predicted octanol–water partition coefficient (Wildman–Crippen LogP) is 1.54. The summed E-state index contributed by atoms with van der Waals surface area (Å²) in [6.07, 6.45) is -3.16. The van der Waals surface area contributed by atoms with E-state index in [9.17, 15) is 34.8 Å². The van der Waals surface area contributed by atoms with E-state index in [1.807, 2.05) is 0 Å². The van der Waals surface area contributed by atoms with Crippen LogP contribution in [0.1, 0.15) is 37.6 Å². The smallest absolute Gasteiger partial charge is 0.337 e. The van der Waals surface area contributed by atoms with Crippen molar-refractivity contribution in [2.24, 2.45) is 5.92 Å². The number of rotatable bonds is 15. The van der Waals surface area contributed by atoms with E-state index in [-0.39, 0.29) is 25.3 Å². The van der Waals surface area contributed by atoms with Crippen LogP contribution in [0.25, 0.3) is 11.1 Å².